The molecule has 0 aromatic carbocycles. The Balaban J connectivity index is -0.00000130. The van der Waals surface area contributed by atoms with Crippen molar-refractivity contribution in [3.63, 3.8) is 0 Å². The van der Waals surface area contributed by atoms with E-state index in [1.54, 1.807) is 0 Å². The van der Waals surface area contributed by atoms with E-state index < -0.39 is 78.1 Å². The molecule has 0 spiro atoms. The SMILES string of the molecule is CCCCCCCCCCCCCC(=O)C(O)(C(=O)CCCCCCCCCCCCC)C(O)CO.CCCCCCCCCCCCCC(=O)C(O)(C(=O)CCCCCCCCCCCCC)C(O)CO.O=C(O)CC(=O)O. The molecule has 468 valence electrons. The molecule has 0 radical (unpaired) electrons. The van der Waals surface area contributed by atoms with Crippen LogP contribution in [0.15, 0.2) is 0 Å². The van der Waals surface area contributed by atoms with Crippen molar-refractivity contribution in [2.45, 2.75) is 366 Å². The Morgan fingerprint density at radius 1 is 0.278 bits per heavy atom. The maximum Gasteiger partial charge on any atom is 0.314 e. The Bertz CT molecular complexity index is 1260. The van der Waals surface area contributed by atoms with Gasteiger partial charge in [0.25, 0.3) is 0 Å². The van der Waals surface area contributed by atoms with Gasteiger partial charge in [-0.2, -0.15) is 0 Å². The van der Waals surface area contributed by atoms with E-state index in [1.807, 2.05) is 0 Å². The summed E-state index contributed by atoms with van der Waals surface area (Å²) >= 11 is 0. The summed E-state index contributed by atoms with van der Waals surface area (Å²) in [6.45, 7) is 7.31. The lowest BCUT2D eigenvalue weighted by atomic mass is 9.82. The number of ketones is 4. The molecule has 14 heteroatoms. The zero-order valence-electron chi connectivity index (χ0n) is 51.2. The van der Waals surface area contributed by atoms with Crippen LogP contribution in [-0.4, -0.2) is 113 Å². The summed E-state index contributed by atoms with van der Waals surface area (Å²) in [5.41, 5.74) is -4.93. The lowest BCUT2D eigenvalue weighted by Crippen LogP contribution is -2.57. The minimum Gasteiger partial charge on any atom is -0.481 e. The summed E-state index contributed by atoms with van der Waals surface area (Å²) in [5.74, 6) is -5.21. The van der Waals surface area contributed by atoms with Gasteiger partial charge in [0.1, 0.15) is 18.6 Å². The van der Waals surface area contributed by atoms with Crippen molar-refractivity contribution in [2.24, 2.45) is 0 Å². The quantitative estimate of drug-likeness (QED) is 0.0208. The molecule has 0 aliphatic carbocycles. The van der Waals surface area contributed by atoms with E-state index in [4.69, 9.17) is 10.2 Å². The average Bonchev–Trinajstić information content (AvgIpc) is 3.43. The summed E-state index contributed by atoms with van der Waals surface area (Å²) in [5, 5.41) is 76.1. The highest BCUT2D eigenvalue weighted by molar-refractivity contribution is 6.11. The minimum atomic E-state index is -2.47. The van der Waals surface area contributed by atoms with Gasteiger partial charge in [-0.1, -0.05) is 285 Å². The van der Waals surface area contributed by atoms with Gasteiger partial charge in [-0.25, -0.2) is 0 Å². The summed E-state index contributed by atoms with van der Waals surface area (Å²) in [6.07, 6.45) is 46.7. The fraction of sp³-hybridized carbons (Fsp3) is 0.908. The Kier molecular flexibility index (Phi) is 59.8. The first-order valence-electron chi connectivity index (χ1n) is 32.6. The van der Waals surface area contributed by atoms with Crippen LogP contribution < -0.4 is 0 Å². The Labute approximate surface area is 481 Å². The summed E-state index contributed by atoms with van der Waals surface area (Å²) in [7, 11) is 0. The number of hydrogen-bond donors (Lipinski definition) is 8. The highest BCUT2D eigenvalue weighted by atomic mass is 16.4. The monoisotopic (exact) mass is 1130 g/mol. The third-order valence-electron chi connectivity index (χ3n) is 15.3. The molecule has 2 unspecified atom stereocenters. The van der Waals surface area contributed by atoms with Crippen LogP contribution in [0.1, 0.15) is 342 Å². The van der Waals surface area contributed by atoms with Gasteiger partial charge in [0.2, 0.25) is 11.2 Å². The number of unbranched alkanes of at least 4 members (excludes halogenated alkanes) is 40. The molecule has 0 heterocycles. The van der Waals surface area contributed by atoms with E-state index in [2.05, 4.69) is 27.7 Å². The summed E-state index contributed by atoms with van der Waals surface area (Å²) in [6, 6.07) is 0. The molecule has 0 saturated heterocycles. The second kappa shape index (κ2) is 58.6. The lowest BCUT2D eigenvalue weighted by Gasteiger charge is -2.29. The Hall–Kier alpha value is -2.62. The van der Waals surface area contributed by atoms with Crippen molar-refractivity contribution >= 4 is 35.1 Å². The number of carbonyl (C=O) groups is 6. The van der Waals surface area contributed by atoms with Crippen LogP contribution in [0.4, 0.5) is 0 Å². The normalized spacial score (nSPS) is 12.3. The molecule has 2 atom stereocenters. The van der Waals surface area contributed by atoms with Crippen molar-refractivity contribution in [2.75, 3.05) is 13.2 Å². The van der Waals surface area contributed by atoms with Crippen molar-refractivity contribution in [1.29, 1.82) is 0 Å². The number of carboxylic acids is 2. The van der Waals surface area contributed by atoms with Gasteiger partial charge in [0.15, 0.2) is 23.1 Å². The van der Waals surface area contributed by atoms with Gasteiger partial charge >= 0.3 is 11.9 Å². The average molecular weight is 1130 g/mol. The molecule has 0 aromatic heterocycles. The smallest absolute Gasteiger partial charge is 0.314 e. The van der Waals surface area contributed by atoms with E-state index >= 15 is 0 Å². The topological polar surface area (TPSA) is 264 Å². The molecule has 0 bridgehead atoms. The van der Waals surface area contributed by atoms with Crippen molar-refractivity contribution in [3.05, 3.63) is 0 Å². The third-order valence-corrected chi connectivity index (χ3v) is 15.3. The van der Waals surface area contributed by atoms with Gasteiger partial charge < -0.3 is 40.9 Å². The number of hydrogen-bond acceptors (Lipinski definition) is 12. The van der Waals surface area contributed by atoms with E-state index in [9.17, 15) is 59.4 Å². The molecule has 0 fully saturated rings. The van der Waals surface area contributed by atoms with Crippen LogP contribution in [0.5, 0.6) is 0 Å². The molecule has 0 rings (SSSR count). The minimum absolute atomic E-state index is 0.0641. The maximum atomic E-state index is 12.7. The molecule has 0 amide bonds. The standard InChI is InChI=1S/2C31H60O5.C3H4O4/c2*1-3-5-7-9-11-13-15-17-19-21-23-25-28(33)31(36,30(35)27-32)29(34)26-24-22-20-18-16-14-12-10-8-6-4-2;4-2(5)1-3(6)7/h2*30,32,35-36H,3-27H2,1-2H3;1H2,(H,4,5)(H,6,7). The van der Waals surface area contributed by atoms with Crippen molar-refractivity contribution in [3.8, 4) is 0 Å². The predicted molar refractivity (Wildman–Crippen MR) is 320 cm³/mol. The Morgan fingerprint density at radius 3 is 0.532 bits per heavy atom. The number of aliphatic carboxylic acids is 2. The first-order chi connectivity index (χ1) is 38.0. The summed E-state index contributed by atoms with van der Waals surface area (Å²) < 4.78 is 0. The van der Waals surface area contributed by atoms with Gasteiger partial charge in [-0.3, -0.25) is 28.8 Å². The Morgan fingerprint density at radius 2 is 0.418 bits per heavy atom. The summed E-state index contributed by atoms with van der Waals surface area (Å²) in [4.78, 5) is 69.8. The van der Waals surface area contributed by atoms with E-state index in [-0.39, 0.29) is 25.7 Å². The third kappa shape index (κ3) is 46.5. The van der Waals surface area contributed by atoms with Crippen LogP contribution in [0.2, 0.25) is 0 Å². The molecule has 0 aliphatic rings. The van der Waals surface area contributed by atoms with Crippen LogP contribution >= 0.6 is 0 Å². The van der Waals surface area contributed by atoms with E-state index in [1.165, 1.54) is 180 Å². The second-order valence-electron chi connectivity index (χ2n) is 22.7. The van der Waals surface area contributed by atoms with Gasteiger partial charge in [-0.15, -0.1) is 0 Å². The fourth-order valence-electron chi connectivity index (χ4n) is 10.0. The number of carboxylic acid groups (broad SMARTS) is 2. The van der Waals surface area contributed by atoms with Crippen molar-refractivity contribution < 1.29 is 69.6 Å². The highest BCUT2D eigenvalue weighted by Crippen LogP contribution is 2.25. The van der Waals surface area contributed by atoms with Crippen LogP contribution in [0, 0.1) is 0 Å². The lowest BCUT2D eigenvalue weighted by molar-refractivity contribution is -0.167. The zero-order chi connectivity index (χ0) is 59.7. The molecule has 14 nitrogen and oxygen atoms in total. The molecule has 0 saturated carbocycles. The van der Waals surface area contributed by atoms with Crippen LogP contribution in [-0.2, 0) is 28.8 Å². The molecule has 0 aliphatic heterocycles. The predicted octanol–water partition coefficient (Wildman–Crippen LogP) is 14.8. The number of aliphatic hydroxyl groups excluding tert-OH is 4. The molecular weight excluding hydrogens is 1000 g/mol. The van der Waals surface area contributed by atoms with E-state index in [0.29, 0.717) is 25.7 Å². The van der Waals surface area contributed by atoms with Crippen molar-refractivity contribution in [1.82, 2.24) is 0 Å². The fourth-order valence-corrected chi connectivity index (χ4v) is 10.0. The van der Waals surface area contributed by atoms with Gasteiger partial charge in [-0.05, 0) is 25.7 Å². The zero-order valence-corrected chi connectivity index (χ0v) is 51.2. The van der Waals surface area contributed by atoms with E-state index in [0.717, 1.165) is 77.0 Å². The molecule has 8 N–H and O–H groups in total. The molecule has 0 aromatic rings. The highest BCUT2D eigenvalue weighted by Gasteiger charge is 2.49. The first-order valence-corrected chi connectivity index (χ1v) is 32.6. The number of Topliss-reactive ketones (excluding diaryl/α,β-unsaturated/α-hetero) is 4. The maximum absolute atomic E-state index is 12.7. The second-order valence-corrected chi connectivity index (χ2v) is 22.7. The first kappa shape index (κ1) is 80.6. The molecular formula is C65H124O14. The number of carbonyl (C=O) groups excluding carboxylic acids is 4. The van der Waals surface area contributed by atoms with Gasteiger partial charge in [0.05, 0.1) is 13.2 Å². The number of aliphatic hydroxyl groups is 6. The largest absolute Gasteiger partial charge is 0.481 e. The molecule has 79 heavy (non-hydrogen) atoms. The number of rotatable bonds is 58. The van der Waals surface area contributed by atoms with Gasteiger partial charge in [0, 0.05) is 25.7 Å². The van der Waals surface area contributed by atoms with Crippen LogP contribution in [0.3, 0.4) is 0 Å². The van der Waals surface area contributed by atoms with Crippen LogP contribution in [0.25, 0.3) is 0 Å².